The Kier molecular flexibility index (Phi) is 3.89. The van der Waals surface area contributed by atoms with Crippen LogP contribution in [0, 0.1) is 0 Å². The lowest BCUT2D eigenvalue weighted by atomic mass is 10.2. The molecule has 0 atom stereocenters. The van der Waals surface area contributed by atoms with E-state index in [1.54, 1.807) is 7.11 Å². The van der Waals surface area contributed by atoms with Gasteiger partial charge in [0.2, 0.25) is 0 Å². The standard InChI is InChI=1S/C14H13ClO2/c1-16-13-8-4-5-9-14(13)17-10-11-6-2-3-7-12(11)15/h2-9H,10H2,1H3. The molecule has 0 saturated carbocycles. The Labute approximate surface area is 106 Å². The van der Waals surface area contributed by atoms with Crippen molar-refractivity contribution in [3.8, 4) is 11.5 Å². The Morgan fingerprint density at radius 1 is 0.941 bits per heavy atom. The topological polar surface area (TPSA) is 18.5 Å². The molecule has 0 spiro atoms. The number of para-hydroxylation sites is 2. The lowest BCUT2D eigenvalue weighted by molar-refractivity contribution is 0.284. The van der Waals surface area contributed by atoms with Crippen molar-refractivity contribution in [2.75, 3.05) is 7.11 Å². The fraction of sp³-hybridized carbons (Fsp3) is 0.143. The van der Waals surface area contributed by atoms with Crippen molar-refractivity contribution >= 4 is 11.6 Å². The smallest absolute Gasteiger partial charge is 0.161 e. The lowest BCUT2D eigenvalue weighted by Crippen LogP contribution is -1.97. The molecule has 0 heterocycles. The molecule has 0 radical (unpaired) electrons. The van der Waals surface area contributed by atoms with E-state index in [0.29, 0.717) is 11.6 Å². The van der Waals surface area contributed by atoms with Gasteiger partial charge in [-0.2, -0.15) is 0 Å². The van der Waals surface area contributed by atoms with Crippen LogP contribution in [0.25, 0.3) is 0 Å². The molecule has 2 aromatic rings. The molecular formula is C14H13ClO2. The van der Waals surface area contributed by atoms with Crippen LogP contribution in [0.15, 0.2) is 48.5 Å². The van der Waals surface area contributed by atoms with Crippen molar-refractivity contribution in [2.45, 2.75) is 6.61 Å². The highest BCUT2D eigenvalue weighted by atomic mass is 35.5. The zero-order chi connectivity index (χ0) is 12.1. The quantitative estimate of drug-likeness (QED) is 0.816. The van der Waals surface area contributed by atoms with Crippen LogP contribution >= 0.6 is 11.6 Å². The monoisotopic (exact) mass is 248 g/mol. The number of rotatable bonds is 4. The molecule has 0 aliphatic rings. The number of halogens is 1. The Bertz CT molecular complexity index is 497. The van der Waals surface area contributed by atoms with Gasteiger partial charge in [0, 0.05) is 10.6 Å². The van der Waals surface area contributed by atoms with Gasteiger partial charge in [0.25, 0.3) is 0 Å². The third kappa shape index (κ3) is 2.92. The first-order valence-electron chi connectivity index (χ1n) is 5.30. The minimum Gasteiger partial charge on any atom is -0.493 e. The zero-order valence-electron chi connectivity index (χ0n) is 9.52. The van der Waals surface area contributed by atoms with Crippen LogP contribution in [0.5, 0.6) is 11.5 Å². The summed E-state index contributed by atoms with van der Waals surface area (Å²) in [4.78, 5) is 0. The fourth-order valence-electron chi connectivity index (χ4n) is 1.51. The van der Waals surface area contributed by atoms with E-state index in [-0.39, 0.29) is 0 Å². The Balaban J connectivity index is 2.10. The third-order valence-electron chi connectivity index (χ3n) is 2.41. The second kappa shape index (κ2) is 5.60. The summed E-state index contributed by atoms with van der Waals surface area (Å²) in [6.45, 7) is 0.431. The van der Waals surface area contributed by atoms with E-state index in [1.165, 1.54) is 0 Å². The van der Waals surface area contributed by atoms with E-state index in [1.807, 2.05) is 48.5 Å². The van der Waals surface area contributed by atoms with Gasteiger partial charge in [-0.3, -0.25) is 0 Å². The average molecular weight is 249 g/mol. The van der Waals surface area contributed by atoms with Gasteiger partial charge in [-0.05, 0) is 18.2 Å². The molecule has 0 amide bonds. The summed E-state index contributed by atoms with van der Waals surface area (Å²) in [6.07, 6.45) is 0. The van der Waals surface area contributed by atoms with Gasteiger partial charge in [0.15, 0.2) is 11.5 Å². The second-order valence-corrected chi connectivity index (χ2v) is 3.94. The SMILES string of the molecule is COc1ccccc1OCc1ccccc1Cl. The molecule has 0 aliphatic carbocycles. The van der Waals surface area contributed by atoms with Gasteiger partial charge in [0.1, 0.15) is 6.61 Å². The summed E-state index contributed by atoms with van der Waals surface area (Å²) in [5.74, 6) is 1.44. The minimum atomic E-state index is 0.431. The molecule has 0 bridgehead atoms. The van der Waals surface area contributed by atoms with Gasteiger partial charge in [-0.25, -0.2) is 0 Å². The number of methoxy groups -OCH3 is 1. The van der Waals surface area contributed by atoms with Crippen LogP contribution in [0.4, 0.5) is 0 Å². The van der Waals surface area contributed by atoms with E-state index in [2.05, 4.69) is 0 Å². The number of benzene rings is 2. The van der Waals surface area contributed by atoms with Crippen molar-refractivity contribution in [2.24, 2.45) is 0 Å². The summed E-state index contributed by atoms with van der Waals surface area (Å²) in [5.41, 5.74) is 0.958. The Morgan fingerprint density at radius 3 is 2.29 bits per heavy atom. The third-order valence-corrected chi connectivity index (χ3v) is 2.78. The number of hydrogen-bond donors (Lipinski definition) is 0. The van der Waals surface area contributed by atoms with Crippen LogP contribution in [-0.4, -0.2) is 7.11 Å². The van der Waals surface area contributed by atoms with Gasteiger partial charge >= 0.3 is 0 Å². The van der Waals surface area contributed by atoms with Gasteiger partial charge in [-0.15, -0.1) is 0 Å². The molecule has 0 saturated heterocycles. The maximum absolute atomic E-state index is 6.05. The minimum absolute atomic E-state index is 0.431. The molecule has 2 rings (SSSR count). The van der Waals surface area contributed by atoms with Gasteiger partial charge in [-0.1, -0.05) is 41.9 Å². The predicted octanol–water partition coefficient (Wildman–Crippen LogP) is 3.93. The average Bonchev–Trinajstić information content (AvgIpc) is 2.38. The molecule has 0 aliphatic heterocycles. The van der Waals surface area contributed by atoms with E-state index in [4.69, 9.17) is 21.1 Å². The maximum atomic E-state index is 6.05. The van der Waals surface area contributed by atoms with Crippen molar-refractivity contribution in [3.63, 3.8) is 0 Å². The molecule has 0 unspecified atom stereocenters. The molecular weight excluding hydrogens is 236 g/mol. The normalized spacial score (nSPS) is 10.0. The fourth-order valence-corrected chi connectivity index (χ4v) is 1.70. The largest absolute Gasteiger partial charge is 0.493 e. The summed E-state index contributed by atoms with van der Waals surface area (Å²) in [5, 5.41) is 0.711. The first-order chi connectivity index (χ1) is 8.31. The molecule has 0 aromatic heterocycles. The van der Waals surface area contributed by atoms with Gasteiger partial charge in [0.05, 0.1) is 7.11 Å². The molecule has 0 fully saturated rings. The molecule has 3 heteroatoms. The summed E-state index contributed by atoms with van der Waals surface area (Å²) < 4.78 is 10.9. The van der Waals surface area contributed by atoms with Crippen molar-refractivity contribution in [3.05, 3.63) is 59.1 Å². The number of hydrogen-bond acceptors (Lipinski definition) is 2. The van der Waals surface area contributed by atoms with Crippen LogP contribution in [-0.2, 0) is 6.61 Å². The highest BCUT2D eigenvalue weighted by Crippen LogP contribution is 2.27. The molecule has 2 nitrogen and oxygen atoms in total. The van der Waals surface area contributed by atoms with E-state index in [9.17, 15) is 0 Å². The zero-order valence-corrected chi connectivity index (χ0v) is 10.3. The molecule has 88 valence electrons. The van der Waals surface area contributed by atoms with E-state index >= 15 is 0 Å². The Morgan fingerprint density at radius 2 is 1.59 bits per heavy atom. The predicted molar refractivity (Wildman–Crippen MR) is 68.8 cm³/mol. The second-order valence-electron chi connectivity index (χ2n) is 3.53. The van der Waals surface area contributed by atoms with Crippen molar-refractivity contribution in [1.29, 1.82) is 0 Å². The molecule has 0 N–H and O–H groups in total. The van der Waals surface area contributed by atoms with E-state index < -0.39 is 0 Å². The van der Waals surface area contributed by atoms with Crippen LogP contribution in [0.2, 0.25) is 5.02 Å². The van der Waals surface area contributed by atoms with Crippen LogP contribution < -0.4 is 9.47 Å². The first-order valence-corrected chi connectivity index (χ1v) is 5.68. The lowest BCUT2D eigenvalue weighted by Gasteiger charge is -2.10. The summed E-state index contributed by atoms with van der Waals surface area (Å²) in [6, 6.07) is 15.2. The first kappa shape index (κ1) is 11.8. The molecule has 2 aromatic carbocycles. The Hall–Kier alpha value is -1.67. The van der Waals surface area contributed by atoms with Crippen molar-refractivity contribution in [1.82, 2.24) is 0 Å². The maximum Gasteiger partial charge on any atom is 0.161 e. The van der Waals surface area contributed by atoms with E-state index in [0.717, 1.165) is 17.1 Å². The summed E-state index contributed by atoms with van der Waals surface area (Å²) >= 11 is 6.05. The number of ether oxygens (including phenoxy) is 2. The molecule has 17 heavy (non-hydrogen) atoms. The van der Waals surface area contributed by atoms with Crippen LogP contribution in [0.3, 0.4) is 0 Å². The van der Waals surface area contributed by atoms with Crippen molar-refractivity contribution < 1.29 is 9.47 Å². The summed E-state index contributed by atoms with van der Waals surface area (Å²) in [7, 11) is 1.62. The van der Waals surface area contributed by atoms with Gasteiger partial charge < -0.3 is 9.47 Å². The van der Waals surface area contributed by atoms with Crippen LogP contribution in [0.1, 0.15) is 5.56 Å². The highest BCUT2D eigenvalue weighted by Gasteiger charge is 2.04. The highest BCUT2D eigenvalue weighted by molar-refractivity contribution is 6.31.